The number of rotatable bonds is 4. The van der Waals surface area contributed by atoms with Crippen molar-refractivity contribution in [3.63, 3.8) is 0 Å². The third kappa shape index (κ3) is 2.91. The second-order valence-electron chi connectivity index (χ2n) is 6.32. The molecule has 0 fully saturated rings. The van der Waals surface area contributed by atoms with Crippen molar-refractivity contribution in [3.8, 4) is 0 Å². The van der Waals surface area contributed by atoms with Crippen LogP contribution in [0.25, 0.3) is 0 Å². The van der Waals surface area contributed by atoms with Crippen LogP contribution >= 0.6 is 0 Å². The summed E-state index contributed by atoms with van der Waals surface area (Å²) in [5.74, 6) is -1.67. The summed E-state index contributed by atoms with van der Waals surface area (Å²) in [6.45, 7) is 5.24. The molecule has 3 rings (SSSR count). The van der Waals surface area contributed by atoms with E-state index < -0.39 is 11.4 Å². The number of allylic oxidation sites excluding steroid dienone is 1. The van der Waals surface area contributed by atoms with Crippen LogP contribution in [0.3, 0.4) is 0 Å². The highest BCUT2D eigenvalue weighted by Crippen LogP contribution is 2.38. The molecule has 1 N–H and O–H groups in total. The lowest BCUT2D eigenvalue weighted by atomic mass is 9.82. The molecule has 2 aromatic rings. The molecule has 0 radical (unpaired) electrons. The summed E-state index contributed by atoms with van der Waals surface area (Å²) in [4.78, 5) is 23.2. The second kappa shape index (κ2) is 5.98. The largest absolute Gasteiger partial charge is 0.360 e. The molecule has 0 saturated heterocycles. The van der Waals surface area contributed by atoms with Crippen LogP contribution in [0.1, 0.15) is 40.9 Å². The first-order valence-corrected chi connectivity index (χ1v) is 7.82. The van der Waals surface area contributed by atoms with E-state index in [9.17, 15) is 9.90 Å². The zero-order valence-electron chi connectivity index (χ0n) is 13.9. The van der Waals surface area contributed by atoms with Crippen LogP contribution in [0.2, 0.25) is 0 Å². The van der Waals surface area contributed by atoms with E-state index in [1.54, 1.807) is 24.3 Å². The standard InChI is InChI=1S/C20H20O4/c1-14-8-7-11-16-17(21)12-13-19(2,18(14)16)23-24-20(3,22)15-9-5-4-6-10-15/h4-13,22H,1-3H3/t19-,20-/m0/s1. The Balaban J connectivity index is 1.91. The molecule has 1 aliphatic carbocycles. The highest BCUT2D eigenvalue weighted by Gasteiger charge is 2.38. The predicted molar refractivity (Wildman–Crippen MR) is 90.2 cm³/mol. The molecule has 0 saturated carbocycles. The lowest BCUT2D eigenvalue weighted by Gasteiger charge is -2.34. The van der Waals surface area contributed by atoms with Crippen molar-refractivity contribution < 1.29 is 19.7 Å². The summed E-state index contributed by atoms with van der Waals surface area (Å²) in [6.07, 6.45) is 3.13. The molecule has 0 aliphatic heterocycles. The number of aryl methyl sites for hydroxylation is 1. The van der Waals surface area contributed by atoms with Gasteiger partial charge in [-0.1, -0.05) is 48.5 Å². The van der Waals surface area contributed by atoms with Gasteiger partial charge < -0.3 is 5.11 Å². The highest BCUT2D eigenvalue weighted by atomic mass is 17.2. The summed E-state index contributed by atoms with van der Waals surface area (Å²) in [5.41, 5.74) is 1.88. The minimum Gasteiger partial charge on any atom is -0.360 e. The summed E-state index contributed by atoms with van der Waals surface area (Å²) < 4.78 is 0. The Morgan fingerprint density at radius 1 is 1.08 bits per heavy atom. The molecule has 2 atom stereocenters. The third-order valence-corrected chi connectivity index (χ3v) is 4.27. The first-order chi connectivity index (χ1) is 11.3. The number of carbonyl (C=O) groups is 1. The van der Waals surface area contributed by atoms with E-state index in [0.717, 1.165) is 11.1 Å². The first-order valence-electron chi connectivity index (χ1n) is 7.82. The van der Waals surface area contributed by atoms with Gasteiger partial charge in [0.1, 0.15) is 5.60 Å². The average Bonchev–Trinajstić information content (AvgIpc) is 2.58. The van der Waals surface area contributed by atoms with Crippen molar-refractivity contribution >= 4 is 5.78 Å². The Bertz CT molecular complexity index is 793. The average molecular weight is 324 g/mol. The molecule has 0 amide bonds. The van der Waals surface area contributed by atoms with Crippen molar-refractivity contribution in [2.75, 3.05) is 0 Å². The number of carbonyl (C=O) groups excluding carboxylic acids is 1. The summed E-state index contributed by atoms with van der Waals surface area (Å²) >= 11 is 0. The number of benzene rings is 2. The first kappa shape index (κ1) is 16.6. The van der Waals surface area contributed by atoms with Crippen LogP contribution in [0.4, 0.5) is 0 Å². The number of ketones is 1. The number of hydrogen-bond acceptors (Lipinski definition) is 4. The molecule has 0 spiro atoms. The molecular formula is C20H20O4. The Morgan fingerprint density at radius 2 is 1.79 bits per heavy atom. The molecule has 4 heteroatoms. The van der Waals surface area contributed by atoms with E-state index in [-0.39, 0.29) is 5.78 Å². The molecule has 4 nitrogen and oxygen atoms in total. The fraction of sp³-hybridized carbons (Fsp3) is 0.250. The van der Waals surface area contributed by atoms with Gasteiger partial charge >= 0.3 is 0 Å². The third-order valence-electron chi connectivity index (χ3n) is 4.27. The van der Waals surface area contributed by atoms with E-state index in [2.05, 4.69) is 0 Å². The smallest absolute Gasteiger partial charge is 0.222 e. The Labute approximate surface area is 141 Å². The SMILES string of the molecule is Cc1cccc2c1[C@@](C)(OO[C@](C)(O)c1ccccc1)C=CC2=O. The maximum atomic E-state index is 12.1. The van der Waals surface area contributed by atoms with Gasteiger partial charge in [0.25, 0.3) is 0 Å². The van der Waals surface area contributed by atoms with Gasteiger partial charge in [0, 0.05) is 16.7 Å². The van der Waals surface area contributed by atoms with Gasteiger partial charge in [-0.05, 0) is 38.5 Å². The lowest BCUT2D eigenvalue weighted by Crippen LogP contribution is -2.35. The predicted octanol–water partition coefficient (Wildman–Crippen LogP) is 3.78. The highest BCUT2D eigenvalue weighted by molar-refractivity contribution is 6.07. The van der Waals surface area contributed by atoms with Crippen LogP contribution in [0, 0.1) is 6.92 Å². The monoisotopic (exact) mass is 324 g/mol. The van der Waals surface area contributed by atoms with Crippen LogP contribution < -0.4 is 0 Å². The van der Waals surface area contributed by atoms with Crippen LogP contribution in [-0.4, -0.2) is 10.9 Å². The van der Waals surface area contributed by atoms with Crippen LogP contribution in [0.15, 0.2) is 60.7 Å². The molecule has 2 aromatic carbocycles. The van der Waals surface area contributed by atoms with Crippen molar-refractivity contribution in [3.05, 3.63) is 82.9 Å². The molecule has 1 aliphatic rings. The molecule has 0 aromatic heterocycles. The van der Waals surface area contributed by atoms with Gasteiger partial charge in [-0.3, -0.25) is 4.79 Å². The zero-order valence-corrected chi connectivity index (χ0v) is 13.9. The second-order valence-corrected chi connectivity index (χ2v) is 6.32. The summed E-state index contributed by atoms with van der Waals surface area (Å²) in [5, 5.41) is 10.6. The zero-order chi connectivity index (χ0) is 17.4. The van der Waals surface area contributed by atoms with Crippen molar-refractivity contribution in [1.29, 1.82) is 0 Å². The number of aliphatic hydroxyl groups is 1. The quantitative estimate of drug-likeness (QED) is 0.528. The molecule has 0 unspecified atom stereocenters. The molecule has 124 valence electrons. The summed E-state index contributed by atoms with van der Waals surface area (Å²) in [7, 11) is 0. The van der Waals surface area contributed by atoms with Gasteiger partial charge in [-0.25, -0.2) is 4.89 Å². The molecule has 24 heavy (non-hydrogen) atoms. The van der Waals surface area contributed by atoms with Gasteiger partial charge in [0.15, 0.2) is 5.78 Å². The van der Waals surface area contributed by atoms with Gasteiger partial charge in [0.2, 0.25) is 5.79 Å². The van der Waals surface area contributed by atoms with E-state index >= 15 is 0 Å². The minimum absolute atomic E-state index is 0.0652. The topological polar surface area (TPSA) is 55.8 Å². The summed E-state index contributed by atoms with van der Waals surface area (Å²) in [6, 6.07) is 14.5. The van der Waals surface area contributed by atoms with Crippen molar-refractivity contribution in [1.82, 2.24) is 0 Å². The van der Waals surface area contributed by atoms with Gasteiger partial charge in [-0.15, -0.1) is 0 Å². The minimum atomic E-state index is -1.61. The van der Waals surface area contributed by atoms with Crippen molar-refractivity contribution in [2.24, 2.45) is 0 Å². The fourth-order valence-electron chi connectivity index (χ4n) is 2.97. The lowest BCUT2D eigenvalue weighted by molar-refractivity contribution is -0.455. The van der Waals surface area contributed by atoms with Crippen molar-refractivity contribution in [2.45, 2.75) is 32.2 Å². The van der Waals surface area contributed by atoms with E-state index in [1.165, 1.54) is 13.0 Å². The maximum Gasteiger partial charge on any atom is 0.222 e. The number of fused-ring (bicyclic) bond motifs is 1. The van der Waals surface area contributed by atoms with Crippen LogP contribution in [0.5, 0.6) is 0 Å². The van der Waals surface area contributed by atoms with E-state index in [0.29, 0.717) is 11.1 Å². The van der Waals surface area contributed by atoms with E-state index in [4.69, 9.17) is 9.78 Å². The van der Waals surface area contributed by atoms with E-state index in [1.807, 2.05) is 44.2 Å². The maximum absolute atomic E-state index is 12.1. The Kier molecular flexibility index (Phi) is 4.13. The molecular weight excluding hydrogens is 304 g/mol. The van der Waals surface area contributed by atoms with Crippen LogP contribution in [-0.2, 0) is 21.2 Å². The Morgan fingerprint density at radius 3 is 2.50 bits per heavy atom. The van der Waals surface area contributed by atoms with Gasteiger partial charge in [-0.2, -0.15) is 4.89 Å². The van der Waals surface area contributed by atoms with Gasteiger partial charge in [0.05, 0.1) is 0 Å². The normalized spacial score (nSPS) is 22.1. The molecule has 0 bridgehead atoms. The Hall–Kier alpha value is -2.27. The molecule has 0 heterocycles. The fourth-order valence-corrected chi connectivity index (χ4v) is 2.97. The number of hydrogen-bond donors (Lipinski definition) is 1.